The zero-order chi connectivity index (χ0) is 22.3. The lowest BCUT2D eigenvalue weighted by molar-refractivity contribution is -0.133. The van der Waals surface area contributed by atoms with Gasteiger partial charge in [-0.25, -0.2) is 0 Å². The predicted molar refractivity (Wildman–Crippen MR) is 124 cm³/mol. The summed E-state index contributed by atoms with van der Waals surface area (Å²) in [5.74, 6) is 0.933. The summed E-state index contributed by atoms with van der Waals surface area (Å²) in [7, 11) is 0. The van der Waals surface area contributed by atoms with Gasteiger partial charge in [-0.1, -0.05) is 54.6 Å². The Balaban J connectivity index is 1.34. The van der Waals surface area contributed by atoms with Crippen molar-refractivity contribution in [2.45, 2.75) is 13.3 Å². The van der Waals surface area contributed by atoms with Gasteiger partial charge in [0.25, 0.3) is 0 Å². The molecular formula is C26H26N2O4. The molecule has 0 radical (unpaired) electrons. The van der Waals surface area contributed by atoms with Crippen molar-refractivity contribution in [3.8, 4) is 22.6 Å². The van der Waals surface area contributed by atoms with Crippen molar-refractivity contribution in [3.63, 3.8) is 0 Å². The van der Waals surface area contributed by atoms with Crippen molar-refractivity contribution >= 4 is 17.5 Å². The zero-order valence-electron chi connectivity index (χ0n) is 18.0. The van der Waals surface area contributed by atoms with E-state index in [1.807, 2.05) is 49.4 Å². The van der Waals surface area contributed by atoms with Gasteiger partial charge in [-0.05, 0) is 35.7 Å². The highest BCUT2D eigenvalue weighted by Crippen LogP contribution is 2.32. The van der Waals surface area contributed by atoms with Crippen LogP contribution in [0.3, 0.4) is 0 Å². The molecule has 1 N–H and O–H groups in total. The molecule has 3 aromatic rings. The second-order valence-electron chi connectivity index (χ2n) is 7.55. The maximum absolute atomic E-state index is 12.8. The summed E-state index contributed by atoms with van der Waals surface area (Å²) in [5.41, 5.74) is 3.77. The highest BCUT2D eigenvalue weighted by Gasteiger charge is 2.17. The predicted octanol–water partition coefficient (Wildman–Crippen LogP) is 4.15. The topological polar surface area (TPSA) is 67.9 Å². The summed E-state index contributed by atoms with van der Waals surface area (Å²) >= 11 is 0. The first-order valence-corrected chi connectivity index (χ1v) is 10.7. The third kappa shape index (κ3) is 5.27. The van der Waals surface area contributed by atoms with Gasteiger partial charge in [-0.15, -0.1) is 0 Å². The van der Waals surface area contributed by atoms with E-state index in [1.165, 1.54) is 0 Å². The van der Waals surface area contributed by atoms with Crippen LogP contribution in [0.1, 0.15) is 12.5 Å². The van der Waals surface area contributed by atoms with Crippen molar-refractivity contribution in [1.29, 1.82) is 0 Å². The minimum Gasteiger partial charge on any atom is -0.486 e. The lowest BCUT2D eigenvalue weighted by atomic mass is 10.0. The Morgan fingerprint density at radius 1 is 0.875 bits per heavy atom. The van der Waals surface area contributed by atoms with Crippen molar-refractivity contribution in [3.05, 3.63) is 78.4 Å². The number of ether oxygens (including phenoxy) is 2. The summed E-state index contributed by atoms with van der Waals surface area (Å²) in [6, 6.07) is 23.3. The number of fused-ring (bicyclic) bond motifs is 1. The zero-order valence-corrected chi connectivity index (χ0v) is 18.0. The largest absolute Gasteiger partial charge is 0.486 e. The Kier molecular flexibility index (Phi) is 6.70. The summed E-state index contributed by atoms with van der Waals surface area (Å²) in [6.45, 7) is 3.31. The molecule has 2 amide bonds. The molecule has 0 aromatic heterocycles. The Morgan fingerprint density at radius 2 is 1.56 bits per heavy atom. The number of benzene rings is 3. The van der Waals surface area contributed by atoms with E-state index in [0.717, 1.165) is 16.7 Å². The van der Waals surface area contributed by atoms with Crippen molar-refractivity contribution in [1.82, 2.24) is 4.90 Å². The normalized spacial score (nSPS) is 12.2. The smallest absolute Gasteiger partial charge is 0.243 e. The molecule has 32 heavy (non-hydrogen) atoms. The van der Waals surface area contributed by atoms with Crippen LogP contribution in [0, 0.1) is 0 Å². The first-order chi connectivity index (χ1) is 15.6. The van der Waals surface area contributed by atoms with Crippen LogP contribution in [0.25, 0.3) is 11.1 Å². The average Bonchev–Trinajstić information content (AvgIpc) is 2.83. The summed E-state index contributed by atoms with van der Waals surface area (Å²) in [6.07, 6.45) is 0.250. The number of hydrogen-bond acceptors (Lipinski definition) is 4. The lowest BCUT2D eigenvalue weighted by Gasteiger charge is -2.21. The maximum Gasteiger partial charge on any atom is 0.243 e. The fourth-order valence-corrected chi connectivity index (χ4v) is 3.60. The van der Waals surface area contributed by atoms with E-state index in [2.05, 4.69) is 17.4 Å². The van der Waals surface area contributed by atoms with E-state index in [-0.39, 0.29) is 24.8 Å². The highest BCUT2D eigenvalue weighted by atomic mass is 16.6. The van der Waals surface area contributed by atoms with Gasteiger partial charge in [-0.2, -0.15) is 0 Å². The molecule has 1 aliphatic heterocycles. The van der Waals surface area contributed by atoms with E-state index in [0.29, 0.717) is 36.9 Å². The molecule has 0 saturated carbocycles. The summed E-state index contributed by atoms with van der Waals surface area (Å²) in [4.78, 5) is 26.9. The van der Waals surface area contributed by atoms with Crippen LogP contribution < -0.4 is 14.8 Å². The van der Waals surface area contributed by atoms with Crippen molar-refractivity contribution < 1.29 is 19.1 Å². The van der Waals surface area contributed by atoms with Crippen LogP contribution in [-0.4, -0.2) is 43.0 Å². The molecule has 0 spiro atoms. The van der Waals surface area contributed by atoms with Gasteiger partial charge in [0.1, 0.15) is 13.2 Å². The minimum atomic E-state index is -0.253. The number of carbonyl (C=O) groups is 2. The molecule has 1 heterocycles. The molecule has 0 atom stereocenters. The van der Waals surface area contributed by atoms with E-state index >= 15 is 0 Å². The van der Waals surface area contributed by atoms with Gasteiger partial charge >= 0.3 is 0 Å². The SMILES string of the molecule is CCN(CC(=O)Nc1ccc2c(c1)OCCO2)C(=O)Cc1ccc(-c2ccccc2)cc1. The van der Waals surface area contributed by atoms with Gasteiger partial charge in [0.05, 0.1) is 13.0 Å². The number of anilines is 1. The van der Waals surface area contributed by atoms with Gasteiger partial charge in [0.15, 0.2) is 11.5 Å². The molecule has 6 nitrogen and oxygen atoms in total. The molecule has 1 aliphatic rings. The fraction of sp³-hybridized carbons (Fsp3) is 0.231. The Morgan fingerprint density at radius 3 is 2.28 bits per heavy atom. The number of nitrogens with one attached hydrogen (secondary N) is 1. The minimum absolute atomic E-state index is 0.00806. The second kappa shape index (κ2) is 10.0. The van der Waals surface area contributed by atoms with Crippen LogP contribution in [0.15, 0.2) is 72.8 Å². The van der Waals surface area contributed by atoms with E-state index in [4.69, 9.17) is 9.47 Å². The number of rotatable bonds is 7. The van der Waals surface area contributed by atoms with Crippen LogP contribution in [0.2, 0.25) is 0 Å². The average molecular weight is 431 g/mol. The van der Waals surface area contributed by atoms with E-state index < -0.39 is 0 Å². The molecule has 0 aliphatic carbocycles. The molecule has 3 aromatic carbocycles. The third-order valence-corrected chi connectivity index (χ3v) is 5.31. The fourth-order valence-electron chi connectivity index (χ4n) is 3.60. The maximum atomic E-state index is 12.8. The second-order valence-corrected chi connectivity index (χ2v) is 7.55. The molecule has 4 rings (SSSR count). The van der Waals surface area contributed by atoms with Crippen LogP contribution >= 0.6 is 0 Å². The van der Waals surface area contributed by atoms with Crippen LogP contribution in [0.4, 0.5) is 5.69 Å². The lowest BCUT2D eigenvalue weighted by Crippen LogP contribution is -2.38. The van der Waals surface area contributed by atoms with Crippen molar-refractivity contribution in [2.75, 3.05) is 31.6 Å². The molecule has 0 saturated heterocycles. The highest BCUT2D eigenvalue weighted by molar-refractivity contribution is 5.95. The third-order valence-electron chi connectivity index (χ3n) is 5.31. The van der Waals surface area contributed by atoms with Gasteiger partial charge < -0.3 is 19.7 Å². The molecule has 0 unspecified atom stereocenters. The molecule has 164 valence electrons. The Labute approximate surface area is 187 Å². The summed E-state index contributed by atoms with van der Waals surface area (Å²) < 4.78 is 11.0. The molecule has 6 heteroatoms. The molecule has 0 bridgehead atoms. The quantitative estimate of drug-likeness (QED) is 0.611. The Bertz CT molecular complexity index is 1080. The number of likely N-dealkylation sites (N-methyl/N-ethyl adjacent to an activating group) is 1. The summed E-state index contributed by atoms with van der Waals surface area (Å²) in [5, 5.41) is 2.83. The number of hydrogen-bond donors (Lipinski definition) is 1. The number of amides is 2. The van der Waals surface area contributed by atoms with Crippen LogP contribution in [-0.2, 0) is 16.0 Å². The van der Waals surface area contributed by atoms with Crippen LogP contribution in [0.5, 0.6) is 11.5 Å². The standard InChI is InChI=1S/C26H26N2O4/c1-2-28(18-25(29)27-22-12-13-23-24(17-22)32-15-14-31-23)26(30)16-19-8-10-21(11-9-19)20-6-4-3-5-7-20/h3-13,17H,2,14-16,18H2,1H3,(H,27,29). The van der Waals surface area contributed by atoms with Gasteiger partial charge in [0, 0.05) is 18.3 Å². The van der Waals surface area contributed by atoms with Crippen molar-refractivity contribution in [2.24, 2.45) is 0 Å². The van der Waals surface area contributed by atoms with Gasteiger partial charge in [-0.3, -0.25) is 9.59 Å². The first kappa shape index (κ1) is 21.4. The number of nitrogens with zero attached hydrogens (tertiary/aromatic N) is 1. The Hall–Kier alpha value is -3.80. The molecule has 0 fully saturated rings. The first-order valence-electron chi connectivity index (χ1n) is 10.7. The van der Waals surface area contributed by atoms with Gasteiger partial charge in [0.2, 0.25) is 11.8 Å². The van der Waals surface area contributed by atoms with E-state index in [1.54, 1.807) is 23.1 Å². The molecular weight excluding hydrogens is 404 g/mol. The van der Waals surface area contributed by atoms with E-state index in [9.17, 15) is 9.59 Å². The monoisotopic (exact) mass is 430 g/mol. The number of carbonyl (C=O) groups excluding carboxylic acids is 2.